The molecule has 0 aliphatic carbocycles. The van der Waals surface area contributed by atoms with Crippen LogP contribution in [0.5, 0.6) is 0 Å². The molecule has 7 heteroatoms. The summed E-state index contributed by atoms with van der Waals surface area (Å²) in [5.41, 5.74) is 4.45. The van der Waals surface area contributed by atoms with Crippen molar-refractivity contribution in [3.63, 3.8) is 0 Å². The number of esters is 1. The van der Waals surface area contributed by atoms with Crippen molar-refractivity contribution in [1.29, 1.82) is 0 Å². The number of nitrogens with one attached hydrogen (secondary N) is 1. The van der Waals surface area contributed by atoms with Crippen molar-refractivity contribution < 1.29 is 18.7 Å². The van der Waals surface area contributed by atoms with E-state index in [0.717, 1.165) is 27.9 Å². The van der Waals surface area contributed by atoms with E-state index in [1.807, 2.05) is 71.5 Å². The van der Waals surface area contributed by atoms with Crippen LogP contribution in [0.25, 0.3) is 17.3 Å². The first-order valence-electron chi connectivity index (χ1n) is 11.6. The summed E-state index contributed by atoms with van der Waals surface area (Å²) < 4.78 is 19.9. The molecule has 0 aliphatic heterocycles. The van der Waals surface area contributed by atoms with Gasteiger partial charge in [-0.3, -0.25) is 9.48 Å². The fraction of sp³-hybridized carbons (Fsp3) is 0.138. The third-order valence-electron chi connectivity index (χ3n) is 5.42. The van der Waals surface area contributed by atoms with E-state index in [-0.39, 0.29) is 12.4 Å². The minimum Gasteiger partial charge on any atom is -0.452 e. The highest BCUT2D eigenvalue weighted by molar-refractivity contribution is 5.90. The lowest BCUT2D eigenvalue weighted by Gasteiger charge is -2.05. The molecule has 0 bridgehead atoms. The number of benzene rings is 3. The molecule has 0 aliphatic rings. The number of rotatable bonds is 10. The number of halogens is 1. The largest absolute Gasteiger partial charge is 0.452 e. The van der Waals surface area contributed by atoms with Gasteiger partial charge in [0.2, 0.25) is 0 Å². The zero-order valence-corrected chi connectivity index (χ0v) is 19.6. The average molecular weight is 484 g/mol. The molecule has 0 radical (unpaired) electrons. The van der Waals surface area contributed by atoms with E-state index in [1.165, 1.54) is 18.2 Å². The Morgan fingerprint density at radius 3 is 2.33 bits per heavy atom. The first-order chi connectivity index (χ1) is 17.6. The molecule has 1 heterocycles. The Morgan fingerprint density at radius 2 is 1.61 bits per heavy atom. The maximum atomic E-state index is 13.0. The SMILES string of the molecule is O=C(COC(=O)C=Cc1cn(Cc2ccccc2)nc1-c1ccccc1)NCCc1ccc(F)cc1. The van der Waals surface area contributed by atoms with Crippen molar-refractivity contribution in [2.45, 2.75) is 13.0 Å². The Balaban J connectivity index is 1.33. The van der Waals surface area contributed by atoms with E-state index in [4.69, 9.17) is 9.84 Å². The molecule has 4 aromatic rings. The summed E-state index contributed by atoms with van der Waals surface area (Å²) >= 11 is 0. The quantitative estimate of drug-likeness (QED) is 0.263. The van der Waals surface area contributed by atoms with E-state index in [0.29, 0.717) is 19.5 Å². The van der Waals surface area contributed by atoms with E-state index < -0.39 is 11.9 Å². The van der Waals surface area contributed by atoms with Crippen LogP contribution in [0.3, 0.4) is 0 Å². The number of ether oxygens (including phenoxy) is 1. The van der Waals surface area contributed by atoms with E-state index >= 15 is 0 Å². The summed E-state index contributed by atoms with van der Waals surface area (Å²) in [4.78, 5) is 24.2. The molecule has 1 aromatic heterocycles. The van der Waals surface area contributed by atoms with Crippen molar-refractivity contribution in [1.82, 2.24) is 15.1 Å². The second kappa shape index (κ2) is 12.3. The first kappa shape index (κ1) is 24.6. The lowest BCUT2D eigenvalue weighted by Crippen LogP contribution is -2.30. The van der Waals surface area contributed by atoms with Crippen LogP contribution in [0.4, 0.5) is 4.39 Å². The van der Waals surface area contributed by atoms with Crippen molar-refractivity contribution in [3.05, 3.63) is 120 Å². The summed E-state index contributed by atoms with van der Waals surface area (Å²) in [6.07, 6.45) is 5.37. The smallest absolute Gasteiger partial charge is 0.331 e. The third-order valence-corrected chi connectivity index (χ3v) is 5.42. The van der Waals surface area contributed by atoms with Crippen LogP contribution in [-0.4, -0.2) is 34.8 Å². The van der Waals surface area contributed by atoms with Gasteiger partial charge in [0.15, 0.2) is 6.61 Å². The second-order valence-corrected chi connectivity index (χ2v) is 8.15. The summed E-state index contributed by atoms with van der Waals surface area (Å²) in [6, 6.07) is 25.8. The Hall–Kier alpha value is -4.52. The molecule has 3 aromatic carbocycles. The fourth-order valence-electron chi connectivity index (χ4n) is 3.62. The number of aromatic nitrogens is 2. The van der Waals surface area contributed by atoms with Gasteiger partial charge in [-0.25, -0.2) is 9.18 Å². The molecular weight excluding hydrogens is 457 g/mol. The van der Waals surface area contributed by atoms with Gasteiger partial charge in [0, 0.05) is 29.9 Å². The predicted octanol–water partition coefficient (Wildman–Crippen LogP) is 4.65. The molecule has 0 fully saturated rings. The molecule has 182 valence electrons. The summed E-state index contributed by atoms with van der Waals surface area (Å²) in [5.74, 6) is -1.33. The number of hydrogen-bond donors (Lipinski definition) is 1. The summed E-state index contributed by atoms with van der Waals surface area (Å²) in [5, 5.41) is 7.40. The standard InChI is InChI=1S/C29H26FN3O3/c30-26-14-11-22(12-15-26)17-18-31-27(34)21-36-28(35)16-13-25-20-33(19-23-7-3-1-4-8-23)32-29(25)24-9-5-2-6-10-24/h1-16,20H,17-19,21H2,(H,31,34). The van der Waals surface area contributed by atoms with Gasteiger partial charge in [0.1, 0.15) is 5.82 Å². The van der Waals surface area contributed by atoms with Gasteiger partial charge < -0.3 is 10.1 Å². The van der Waals surface area contributed by atoms with Crippen LogP contribution in [-0.2, 0) is 27.3 Å². The van der Waals surface area contributed by atoms with Crippen molar-refractivity contribution >= 4 is 18.0 Å². The zero-order chi connectivity index (χ0) is 25.2. The van der Waals surface area contributed by atoms with E-state index in [2.05, 4.69) is 5.32 Å². The maximum Gasteiger partial charge on any atom is 0.331 e. The molecule has 0 saturated heterocycles. The number of amides is 1. The topological polar surface area (TPSA) is 73.2 Å². The molecule has 0 atom stereocenters. The maximum absolute atomic E-state index is 13.0. The highest BCUT2D eigenvalue weighted by Gasteiger charge is 2.11. The lowest BCUT2D eigenvalue weighted by molar-refractivity contribution is -0.143. The van der Waals surface area contributed by atoms with Gasteiger partial charge in [-0.2, -0.15) is 5.10 Å². The number of carbonyl (C=O) groups excluding carboxylic acids is 2. The highest BCUT2D eigenvalue weighted by Crippen LogP contribution is 2.23. The second-order valence-electron chi connectivity index (χ2n) is 8.15. The van der Waals surface area contributed by atoms with E-state index in [9.17, 15) is 14.0 Å². The first-order valence-corrected chi connectivity index (χ1v) is 11.6. The molecule has 0 saturated carbocycles. The van der Waals surface area contributed by atoms with Crippen LogP contribution in [0.15, 0.2) is 97.2 Å². The van der Waals surface area contributed by atoms with Gasteiger partial charge in [0.25, 0.3) is 5.91 Å². The average Bonchev–Trinajstić information content (AvgIpc) is 3.31. The molecule has 6 nitrogen and oxygen atoms in total. The van der Waals surface area contributed by atoms with Gasteiger partial charge in [-0.15, -0.1) is 0 Å². The van der Waals surface area contributed by atoms with Gasteiger partial charge in [-0.1, -0.05) is 72.8 Å². The number of carbonyl (C=O) groups is 2. The van der Waals surface area contributed by atoms with E-state index in [1.54, 1.807) is 18.2 Å². The lowest BCUT2D eigenvalue weighted by atomic mass is 10.1. The Morgan fingerprint density at radius 1 is 0.917 bits per heavy atom. The van der Waals surface area contributed by atoms with Crippen molar-refractivity contribution in [2.75, 3.05) is 13.2 Å². The molecule has 1 N–H and O–H groups in total. The van der Waals surface area contributed by atoms with Gasteiger partial charge in [-0.05, 0) is 35.8 Å². The zero-order valence-electron chi connectivity index (χ0n) is 19.6. The highest BCUT2D eigenvalue weighted by atomic mass is 19.1. The minimum atomic E-state index is -0.626. The molecule has 0 spiro atoms. The Labute approximate surface area is 209 Å². The normalized spacial score (nSPS) is 10.9. The van der Waals surface area contributed by atoms with Gasteiger partial charge in [0.05, 0.1) is 12.2 Å². The van der Waals surface area contributed by atoms with Crippen molar-refractivity contribution in [2.24, 2.45) is 0 Å². The third kappa shape index (κ3) is 7.24. The van der Waals surface area contributed by atoms with Crippen LogP contribution in [0.1, 0.15) is 16.7 Å². The van der Waals surface area contributed by atoms with Gasteiger partial charge >= 0.3 is 5.97 Å². The van der Waals surface area contributed by atoms with Crippen LogP contribution >= 0.6 is 0 Å². The molecule has 36 heavy (non-hydrogen) atoms. The van der Waals surface area contributed by atoms with Crippen LogP contribution in [0, 0.1) is 5.82 Å². The van der Waals surface area contributed by atoms with Crippen LogP contribution < -0.4 is 5.32 Å². The fourth-order valence-corrected chi connectivity index (χ4v) is 3.62. The number of nitrogens with zero attached hydrogens (tertiary/aromatic N) is 2. The molecular formula is C29H26FN3O3. The minimum absolute atomic E-state index is 0.304. The molecule has 0 unspecified atom stereocenters. The van der Waals surface area contributed by atoms with Crippen LogP contribution in [0.2, 0.25) is 0 Å². The monoisotopic (exact) mass is 483 g/mol. The Kier molecular flexibility index (Phi) is 8.38. The van der Waals surface area contributed by atoms with Crippen molar-refractivity contribution in [3.8, 4) is 11.3 Å². The molecule has 4 rings (SSSR count). The summed E-state index contributed by atoms with van der Waals surface area (Å²) in [6.45, 7) is 0.571. The number of hydrogen-bond acceptors (Lipinski definition) is 4. The predicted molar refractivity (Wildman–Crippen MR) is 136 cm³/mol. The summed E-state index contributed by atoms with van der Waals surface area (Å²) in [7, 11) is 0. The Bertz CT molecular complexity index is 1320. The molecule has 1 amide bonds.